The van der Waals surface area contributed by atoms with Crippen LogP contribution >= 0.6 is 0 Å². The van der Waals surface area contributed by atoms with E-state index in [9.17, 15) is 9.18 Å². The molecule has 1 aliphatic rings. The van der Waals surface area contributed by atoms with E-state index < -0.39 is 12.1 Å². The van der Waals surface area contributed by atoms with Crippen molar-refractivity contribution in [3.63, 3.8) is 0 Å². The average Bonchev–Trinajstić information content (AvgIpc) is 2.47. The predicted octanol–water partition coefficient (Wildman–Crippen LogP) is 2.03. The van der Waals surface area contributed by atoms with Gasteiger partial charge in [0.15, 0.2) is 6.10 Å². The van der Waals surface area contributed by atoms with Crippen LogP contribution in [0.15, 0.2) is 42.5 Å². The number of para-hydroxylation sites is 2. The second kappa shape index (κ2) is 5.16. The van der Waals surface area contributed by atoms with Crippen LogP contribution in [0.3, 0.4) is 0 Å². The van der Waals surface area contributed by atoms with Crippen LogP contribution in [0.1, 0.15) is 0 Å². The van der Waals surface area contributed by atoms with Crippen molar-refractivity contribution in [3.8, 4) is 5.75 Å². The predicted molar refractivity (Wildman–Crippen MR) is 72.2 cm³/mol. The van der Waals surface area contributed by atoms with Crippen molar-refractivity contribution in [2.45, 2.75) is 6.10 Å². The minimum Gasteiger partial charge on any atom is -0.477 e. The summed E-state index contributed by atoms with van der Waals surface area (Å²) in [5.41, 5.74) is 0.848. The van der Waals surface area contributed by atoms with Crippen molar-refractivity contribution in [2.75, 3.05) is 17.2 Å². The number of benzene rings is 1. The standard InChI is InChI=1S/C14H12FN3O2/c15-12-6-3-7-13(17-12)18-14(19)11-8-16-9-4-1-2-5-10(9)20-11/h1-7,11,16H,8H2,(H,17,18,19). The summed E-state index contributed by atoms with van der Waals surface area (Å²) >= 11 is 0. The highest BCUT2D eigenvalue weighted by Crippen LogP contribution is 2.28. The first-order valence-corrected chi connectivity index (χ1v) is 6.15. The lowest BCUT2D eigenvalue weighted by Crippen LogP contribution is -2.41. The molecule has 3 rings (SSSR count). The molecule has 0 fully saturated rings. The maximum atomic E-state index is 13.0. The fraction of sp³-hybridized carbons (Fsp3) is 0.143. The third-order valence-electron chi connectivity index (χ3n) is 2.89. The Kier molecular flexibility index (Phi) is 3.20. The highest BCUT2D eigenvalue weighted by atomic mass is 19.1. The largest absolute Gasteiger partial charge is 0.477 e. The van der Waals surface area contributed by atoms with Gasteiger partial charge in [-0.15, -0.1) is 0 Å². The van der Waals surface area contributed by atoms with E-state index in [2.05, 4.69) is 15.6 Å². The summed E-state index contributed by atoms with van der Waals surface area (Å²) in [5.74, 6) is -0.232. The molecule has 0 spiro atoms. The van der Waals surface area contributed by atoms with Crippen molar-refractivity contribution >= 4 is 17.4 Å². The molecule has 0 aliphatic carbocycles. The molecule has 0 radical (unpaired) electrons. The Morgan fingerprint density at radius 3 is 3.00 bits per heavy atom. The van der Waals surface area contributed by atoms with E-state index in [4.69, 9.17) is 4.74 Å². The molecule has 20 heavy (non-hydrogen) atoms. The van der Waals surface area contributed by atoms with Gasteiger partial charge in [-0.25, -0.2) is 4.98 Å². The van der Waals surface area contributed by atoms with E-state index in [1.54, 1.807) is 6.07 Å². The van der Waals surface area contributed by atoms with Gasteiger partial charge in [-0.05, 0) is 24.3 Å². The van der Waals surface area contributed by atoms with Crippen molar-refractivity contribution in [2.24, 2.45) is 0 Å². The zero-order valence-corrected chi connectivity index (χ0v) is 10.5. The number of hydrogen-bond acceptors (Lipinski definition) is 4. The fourth-order valence-corrected chi connectivity index (χ4v) is 1.94. The molecular weight excluding hydrogens is 261 g/mol. The van der Waals surface area contributed by atoms with Crippen LogP contribution in [-0.2, 0) is 4.79 Å². The number of anilines is 2. The number of halogens is 1. The summed E-state index contributed by atoms with van der Waals surface area (Å²) in [6.45, 7) is 0.345. The van der Waals surface area contributed by atoms with Gasteiger partial charge in [-0.1, -0.05) is 18.2 Å². The Balaban J connectivity index is 1.70. The van der Waals surface area contributed by atoms with Gasteiger partial charge in [0, 0.05) is 0 Å². The molecule has 1 atom stereocenters. The maximum Gasteiger partial charge on any atom is 0.268 e. The zero-order chi connectivity index (χ0) is 13.9. The molecule has 1 aromatic carbocycles. The van der Waals surface area contributed by atoms with E-state index in [1.165, 1.54) is 18.2 Å². The lowest BCUT2D eigenvalue weighted by atomic mass is 10.2. The number of amides is 1. The second-order valence-electron chi connectivity index (χ2n) is 4.32. The van der Waals surface area contributed by atoms with Crippen molar-refractivity contribution < 1.29 is 13.9 Å². The minimum absolute atomic E-state index is 0.164. The number of nitrogens with one attached hydrogen (secondary N) is 2. The van der Waals surface area contributed by atoms with Gasteiger partial charge in [-0.3, -0.25) is 4.79 Å². The van der Waals surface area contributed by atoms with Gasteiger partial charge < -0.3 is 15.4 Å². The Morgan fingerprint density at radius 2 is 2.15 bits per heavy atom. The summed E-state index contributed by atoms with van der Waals surface area (Å²) in [7, 11) is 0. The molecule has 0 saturated carbocycles. The van der Waals surface area contributed by atoms with E-state index in [0.29, 0.717) is 12.3 Å². The summed E-state index contributed by atoms with van der Waals surface area (Å²) in [6, 6.07) is 11.6. The molecule has 5 nitrogen and oxygen atoms in total. The quantitative estimate of drug-likeness (QED) is 0.822. The Bertz CT molecular complexity index is 648. The molecule has 1 unspecified atom stereocenters. The maximum absolute atomic E-state index is 13.0. The molecule has 2 heterocycles. The number of hydrogen-bond donors (Lipinski definition) is 2. The van der Waals surface area contributed by atoms with Crippen LogP contribution in [-0.4, -0.2) is 23.5 Å². The fourth-order valence-electron chi connectivity index (χ4n) is 1.94. The third kappa shape index (κ3) is 2.54. The monoisotopic (exact) mass is 273 g/mol. The summed E-state index contributed by atoms with van der Waals surface area (Å²) < 4.78 is 18.6. The summed E-state index contributed by atoms with van der Waals surface area (Å²) in [6.07, 6.45) is -0.685. The molecule has 1 amide bonds. The van der Waals surface area contributed by atoms with Crippen LogP contribution in [0.5, 0.6) is 5.75 Å². The van der Waals surface area contributed by atoms with Gasteiger partial charge in [-0.2, -0.15) is 4.39 Å². The Morgan fingerprint density at radius 1 is 1.30 bits per heavy atom. The number of pyridine rings is 1. The molecule has 0 bridgehead atoms. The molecule has 2 aromatic rings. The zero-order valence-electron chi connectivity index (χ0n) is 10.5. The SMILES string of the molecule is O=C(Nc1cccc(F)n1)C1CNc2ccccc2O1. The first-order valence-electron chi connectivity index (χ1n) is 6.15. The first kappa shape index (κ1) is 12.4. The molecule has 2 N–H and O–H groups in total. The molecular formula is C14H12FN3O2. The average molecular weight is 273 g/mol. The lowest BCUT2D eigenvalue weighted by molar-refractivity contribution is -0.122. The molecule has 1 aliphatic heterocycles. The topological polar surface area (TPSA) is 63.2 Å². The van der Waals surface area contributed by atoms with E-state index in [1.807, 2.05) is 18.2 Å². The number of carbonyl (C=O) groups is 1. The van der Waals surface area contributed by atoms with Gasteiger partial charge in [0.25, 0.3) is 5.91 Å². The highest BCUT2D eigenvalue weighted by Gasteiger charge is 2.25. The highest BCUT2D eigenvalue weighted by molar-refractivity contribution is 5.94. The lowest BCUT2D eigenvalue weighted by Gasteiger charge is -2.26. The Labute approximate surface area is 114 Å². The Hall–Kier alpha value is -2.63. The smallest absolute Gasteiger partial charge is 0.268 e. The summed E-state index contributed by atoms with van der Waals surface area (Å²) in [4.78, 5) is 15.6. The summed E-state index contributed by atoms with van der Waals surface area (Å²) in [5, 5.41) is 5.64. The molecule has 6 heteroatoms. The number of aromatic nitrogens is 1. The van der Waals surface area contributed by atoms with E-state index in [0.717, 1.165) is 5.69 Å². The van der Waals surface area contributed by atoms with Gasteiger partial charge in [0.2, 0.25) is 5.95 Å². The normalized spacial score (nSPS) is 16.6. The van der Waals surface area contributed by atoms with Gasteiger partial charge in [0.05, 0.1) is 12.2 Å². The molecule has 102 valence electrons. The minimum atomic E-state index is -0.685. The van der Waals surface area contributed by atoms with Crippen LogP contribution in [0, 0.1) is 5.95 Å². The van der Waals surface area contributed by atoms with Crippen molar-refractivity contribution in [3.05, 3.63) is 48.4 Å². The number of ether oxygens (including phenoxy) is 1. The van der Waals surface area contributed by atoms with Gasteiger partial charge in [0.1, 0.15) is 11.6 Å². The van der Waals surface area contributed by atoms with Crippen LogP contribution < -0.4 is 15.4 Å². The number of fused-ring (bicyclic) bond motifs is 1. The molecule has 0 saturated heterocycles. The number of nitrogens with zero attached hydrogens (tertiary/aromatic N) is 1. The number of rotatable bonds is 2. The second-order valence-corrected chi connectivity index (χ2v) is 4.32. The third-order valence-corrected chi connectivity index (χ3v) is 2.89. The van der Waals surface area contributed by atoms with Crippen LogP contribution in [0.2, 0.25) is 0 Å². The van der Waals surface area contributed by atoms with Crippen LogP contribution in [0.25, 0.3) is 0 Å². The van der Waals surface area contributed by atoms with E-state index in [-0.39, 0.29) is 11.7 Å². The van der Waals surface area contributed by atoms with Crippen LogP contribution in [0.4, 0.5) is 15.9 Å². The van der Waals surface area contributed by atoms with Crippen molar-refractivity contribution in [1.82, 2.24) is 4.98 Å². The first-order chi connectivity index (χ1) is 9.72. The number of carbonyl (C=O) groups excluding carboxylic acids is 1. The molecule has 1 aromatic heterocycles. The van der Waals surface area contributed by atoms with E-state index >= 15 is 0 Å². The van der Waals surface area contributed by atoms with Crippen molar-refractivity contribution in [1.29, 1.82) is 0 Å². The van der Waals surface area contributed by atoms with Gasteiger partial charge >= 0.3 is 0 Å².